The number of benzene rings is 1. The maximum atomic E-state index is 12.0. The predicted molar refractivity (Wildman–Crippen MR) is 74.2 cm³/mol. The molecule has 0 saturated carbocycles. The molecule has 1 aromatic carbocycles. The Kier molecular flexibility index (Phi) is 4.34. The lowest BCUT2D eigenvalue weighted by atomic mass is 10.3. The van der Waals surface area contributed by atoms with E-state index in [2.05, 4.69) is 4.98 Å². The Morgan fingerprint density at radius 3 is 2.80 bits per heavy atom. The summed E-state index contributed by atoms with van der Waals surface area (Å²) in [5, 5.41) is 8.75. The van der Waals surface area contributed by atoms with E-state index in [1.807, 2.05) is 28.8 Å². The molecule has 0 aliphatic carbocycles. The number of nitrogens with zero attached hydrogens (tertiary/aromatic N) is 3. The Hall–Kier alpha value is -2.37. The lowest BCUT2D eigenvalue weighted by molar-refractivity contribution is -0.144. The SMILES string of the molecule is CCN(CC(=O)O)C(=O)CCn1cnc2ccccc21. The first kappa shape index (κ1) is 14.0. The van der Waals surface area contributed by atoms with E-state index in [-0.39, 0.29) is 18.9 Å². The minimum Gasteiger partial charge on any atom is -0.480 e. The number of imidazole rings is 1. The van der Waals surface area contributed by atoms with Crippen molar-refractivity contribution in [2.24, 2.45) is 0 Å². The second kappa shape index (κ2) is 6.18. The minimum absolute atomic E-state index is 0.160. The maximum Gasteiger partial charge on any atom is 0.323 e. The summed E-state index contributed by atoms with van der Waals surface area (Å²) in [5.41, 5.74) is 1.86. The van der Waals surface area contributed by atoms with E-state index in [0.29, 0.717) is 13.1 Å². The van der Waals surface area contributed by atoms with Gasteiger partial charge in [-0.15, -0.1) is 0 Å². The molecular formula is C14H17N3O3. The summed E-state index contributed by atoms with van der Waals surface area (Å²) in [6, 6.07) is 7.69. The number of carbonyl (C=O) groups is 2. The first-order chi connectivity index (χ1) is 9.61. The predicted octanol–water partition coefficient (Wildman–Crippen LogP) is 1.36. The number of hydrogen-bond donors (Lipinski definition) is 1. The molecule has 1 amide bonds. The molecule has 2 aromatic rings. The normalized spacial score (nSPS) is 10.7. The molecule has 0 fully saturated rings. The lowest BCUT2D eigenvalue weighted by Crippen LogP contribution is -2.35. The van der Waals surface area contributed by atoms with Crippen LogP contribution in [0.2, 0.25) is 0 Å². The van der Waals surface area contributed by atoms with Crippen LogP contribution in [0.25, 0.3) is 11.0 Å². The lowest BCUT2D eigenvalue weighted by Gasteiger charge is -2.18. The second-order valence-electron chi connectivity index (χ2n) is 4.48. The monoisotopic (exact) mass is 275 g/mol. The Morgan fingerprint density at radius 2 is 2.10 bits per heavy atom. The molecule has 0 bridgehead atoms. The van der Waals surface area contributed by atoms with E-state index in [0.717, 1.165) is 11.0 Å². The number of hydrogen-bond acceptors (Lipinski definition) is 3. The topological polar surface area (TPSA) is 75.4 Å². The Bertz CT molecular complexity index is 621. The number of carbonyl (C=O) groups excluding carboxylic acids is 1. The highest BCUT2D eigenvalue weighted by Gasteiger charge is 2.15. The van der Waals surface area contributed by atoms with Crippen molar-refractivity contribution in [3.63, 3.8) is 0 Å². The molecule has 0 saturated heterocycles. The van der Waals surface area contributed by atoms with Gasteiger partial charge in [0.25, 0.3) is 0 Å². The summed E-state index contributed by atoms with van der Waals surface area (Å²) in [5.74, 6) is -1.15. The maximum absolute atomic E-state index is 12.0. The summed E-state index contributed by atoms with van der Waals surface area (Å²) < 4.78 is 1.90. The van der Waals surface area contributed by atoms with Gasteiger partial charge < -0.3 is 14.6 Å². The number of likely N-dealkylation sites (N-methyl/N-ethyl adjacent to an activating group) is 1. The third kappa shape index (κ3) is 3.14. The quantitative estimate of drug-likeness (QED) is 0.863. The molecular weight excluding hydrogens is 258 g/mol. The highest BCUT2D eigenvalue weighted by molar-refractivity contribution is 5.81. The van der Waals surface area contributed by atoms with E-state index in [4.69, 9.17) is 5.11 Å². The third-order valence-electron chi connectivity index (χ3n) is 3.15. The molecule has 0 aliphatic rings. The molecule has 0 radical (unpaired) electrons. The van der Waals surface area contributed by atoms with Crippen molar-refractivity contribution in [2.75, 3.05) is 13.1 Å². The van der Waals surface area contributed by atoms with Gasteiger partial charge in [0.2, 0.25) is 5.91 Å². The fourth-order valence-electron chi connectivity index (χ4n) is 2.10. The molecule has 0 spiro atoms. The van der Waals surface area contributed by atoms with Crippen LogP contribution in [0.15, 0.2) is 30.6 Å². The van der Waals surface area contributed by atoms with Crippen molar-refractivity contribution < 1.29 is 14.7 Å². The number of aryl methyl sites for hydroxylation is 1. The van der Waals surface area contributed by atoms with Crippen LogP contribution in [0.3, 0.4) is 0 Å². The van der Waals surface area contributed by atoms with Gasteiger partial charge in [0.15, 0.2) is 0 Å². The zero-order chi connectivity index (χ0) is 14.5. The molecule has 106 valence electrons. The van der Waals surface area contributed by atoms with Gasteiger partial charge in [-0.1, -0.05) is 12.1 Å². The van der Waals surface area contributed by atoms with Crippen molar-refractivity contribution in [2.45, 2.75) is 19.9 Å². The number of carboxylic acids is 1. The number of amides is 1. The van der Waals surface area contributed by atoms with E-state index in [1.54, 1.807) is 13.3 Å². The van der Waals surface area contributed by atoms with Gasteiger partial charge in [0.1, 0.15) is 6.54 Å². The molecule has 20 heavy (non-hydrogen) atoms. The van der Waals surface area contributed by atoms with Crippen LogP contribution in [0.1, 0.15) is 13.3 Å². The molecule has 1 N–H and O–H groups in total. The number of para-hydroxylation sites is 2. The summed E-state index contributed by atoms with van der Waals surface area (Å²) in [6.07, 6.45) is 1.97. The average Bonchev–Trinajstić information content (AvgIpc) is 2.85. The molecule has 1 heterocycles. The van der Waals surface area contributed by atoms with E-state index >= 15 is 0 Å². The van der Waals surface area contributed by atoms with Gasteiger partial charge in [0.05, 0.1) is 17.4 Å². The Balaban J connectivity index is 2.01. The Labute approximate surface area is 116 Å². The highest BCUT2D eigenvalue weighted by Crippen LogP contribution is 2.12. The number of rotatable bonds is 6. The van der Waals surface area contributed by atoms with Crippen LogP contribution in [0, 0.1) is 0 Å². The van der Waals surface area contributed by atoms with Gasteiger partial charge in [0, 0.05) is 19.5 Å². The second-order valence-corrected chi connectivity index (χ2v) is 4.48. The minimum atomic E-state index is -0.992. The van der Waals surface area contributed by atoms with Crippen molar-refractivity contribution >= 4 is 22.9 Å². The first-order valence-corrected chi connectivity index (χ1v) is 6.51. The molecule has 2 rings (SSSR count). The summed E-state index contributed by atoms with van der Waals surface area (Å²) >= 11 is 0. The smallest absolute Gasteiger partial charge is 0.323 e. The average molecular weight is 275 g/mol. The van der Waals surface area contributed by atoms with Crippen LogP contribution in [0.4, 0.5) is 0 Å². The van der Waals surface area contributed by atoms with Crippen LogP contribution >= 0.6 is 0 Å². The van der Waals surface area contributed by atoms with Crippen molar-refractivity contribution in [1.82, 2.24) is 14.5 Å². The molecule has 0 atom stereocenters. The molecule has 6 nitrogen and oxygen atoms in total. The van der Waals surface area contributed by atoms with Gasteiger partial charge in [-0.2, -0.15) is 0 Å². The summed E-state index contributed by atoms with van der Waals surface area (Å²) in [4.78, 5) is 28.2. The molecule has 6 heteroatoms. The zero-order valence-electron chi connectivity index (χ0n) is 11.3. The highest BCUT2D eigenvalue weighted by atomic mass is 16.4. The zero-order valence-corrected chi connectivity index (χ0v) is 11.3. The summed E-state index contributed by atoms with van der Waals surface area (Å²) in [7, 11) is 0. The molecule has 1 aromatic heterocycles. The number of aromatic nitrogens is 2. The molecule has 0 aliphatic heterocycles. The summed E-state index contributed by atoms with van der Waals surface area (Å²) in [6.45, 7) is 2.42. The largest absolute Gasteiger partial charge is 0.480 e. The number of aliphatic carboxylic acids is 1. The van der Waals surface area contributed by atoms with Crippen LogP contribution in [-0.4, -0.2) is 44.5 Å². The van der Waals surface area contributed by atoms with Crippen molar-refractivity contribution in [1.29, 1.82) is 0 Å². The third-order valence-corrected chi connectivity index (χ3v) is 3.15. The van der Waals surface area contributed by atoms with Gasteiger partial charge in [-0.25, -0.2) is 4.98 Å². The molecule has 0 unspecified atom stereocenters. The van der Waals surface area contributed by atoms with Crippen molar-refractivity contribution in [3.05, 3.63) is 30.6 Å². The van der Waals surface area contributed by atoms with E-state index in [1.165, 1.54) is 4.90 Å². The van der Waals surface area contributed by atoms with E-state index in [9.17, 15) is 9.59 Å². The first-order valence-electron chi connectivity index (χ1n) is 6.51. The number of fused-ring (bicyclic) bond motifs is 1. The number of carboxylic acid groups (broad SMARTS) is 1. The van der Waals surface area contributed by atoms with E-state index < -0.39 is 5.97 Å². The van der Waals surface area contributed by atoms with Gasteiger partial charge in [-0.3, -0.25) is 9.59 Å². The van der Waals surface area contributed by atoms with Gasteiger partial charge >= 0.3 is 5.97 Å². The van der Waals surface area contributed by atoms with Gasteiger partial charge in [-0.05, 0) is 19.1 Å². The Morgan fingerprint density at radius 1 is 1.35 bits per heavy atom. The fourth-order valence-corrected chi connectivity index (χ4v) is 2.10. The standard InChI is InChI=1S/C14H17N3O3/c1-2-16(9-14(19)20)13(18)7-8-17-10-15-11-5-3-4-6-12(11)17/h3-6,10H,2,7-9H2,1H3,(H,19,20). The van der Waals surface area contributed by atoms with Crippen LogP contribution < -0.4 is 0 Å². The van der Waals surface area contributed by atoms with Crippen LogP contribution in [0.5, 0.6) is 0 Å². The fraction of sp³-hybridized carbons (Fsp3) is 0.357. The van der Waals surface area contributed by atoms with Crippen molar-refractivity contribution in [3.8, 4) is 0 Å². The van der Waals surface area contributed by atoms with Crippen LogP contribution in [-0.2, 0) is 16.1 Å².